The molecular weight excluding hydrogens is 246 g/mol. The SMILES string of the molecule is CCC1CCN(CC(C#N)(NC)c2ccccc2)CC1. The van der Waals surface area contributed by atoms with Crippen LogP contribution in [0.4, 0.5) is 0 Å². The number of nitrogens with one attached hydrogen (secondary N) is 1. The molecule has 0 bridgehead atoms. The van der Waals surface area contributed by atoms with Crippen molar-refractivity contribution in [1.82, 2.24) is 10.2 Å². The zero-order valence-corrected chi connectivity index (χ0v) is 12.6. The molecule has 3 nitrogen and oxygen atoms in total. The Hall–Kier alpha value is -1.37. The van der Waals surface area contributed by atoms with Crippen LogP contribution in [0.5, 0.6) is 0 Å². The first kappa shape index (κ1) is 15.0. The predicted octanol–water partition coefficient (Wildman–Crippen LogP) is 2.75. The van der Waals surface area contributed by atoms with Crippen molar-refractivity contribution in [2.75, 3.05) is 26.7 Å². The van der Waals surface area contributed by atoms with Crippen molar-refractivity contribution < 1.29 is 0 Å². The predicted molar refractivity (Wildman–Crippen MR) is 82.2 cm³/mol. The van der Waals surface area contributed by atoms with Crippen molar-refractivity contribution in [3.8, 4) is 6.07 Å². The lowest BCUT2D eigenvalue weighted by Crippen LogP contribution is -2.50. The molecule has 108 valence electrons. The lowest BCUT2D eigenvalue weighted by molar-refractivity contribution is 0.151. The van der Waals surface area contributed by atoms with E-state index in [2.05, 4.69) is 23.2 Å². The number of piperidine rings is 1. The van der Waals surface area contributed by atoms with Gasteiger partial charge >= 0.3 is 0 Å². The van der Waals surface area contributed by atoms with Gasteiger partial charge in [0, 0.05) is 6.54 Å². The van der Waals surface area contributed by atoms with Crippen LogP contribution in [-0.2, 0) is 5.54 Å². The molecule has 1 atom stereocenters. The van der Waals surface area contributed by atoms with E-state index in [-0.39, 0.29) is 0 Å². The van der Waals surface area contributed by atoms with Crippen molar-refractivity contribution in [1.29, 1.82) is 5.26 Å². The number of likely N-dealkylation sites (tertiary alicyclic amines) is 1. The standard InChI is InChI=1S/C17H25N3/c1-3-15-9-11-20(12-10-15)14-17(13-18,19-2)16-7-5-4-6-8-16/h4-8,15,19H,3,9-12,14H2,1-2H3. The molecule has 0 spiro atoms. The molecule has 1 aromatic rings. The summed E-state index contributed by atoms with van der Waals surface area (Å²) in [5.41, 5.74) is 0.461. The maximum absolute atomic E-state index is 9.72. The molecule has 0 aliphatic carbocycles. The van der Waals surface area contributed by atoms with Gasteiger partial charge in [-0.1, -0.05) is 43.7 Å². The molecule has 0 amide bonds. The van der Waals surface area contributed by atoms with E-state index in [1.54, 1.807) is 0 Å². The third kappa shape index (κ3) is 3.20. The van der Waals surface area contributed by atoms with Crippen LogP contribution in [0.2, 0.25) is 0 Å². The summed E-state index contributed by atoms with van der Waals surface area (Å²) < 4.78 is 0. The largest absolute Gasteiger partial charge is 0.300 e. The molecule has 1 aliphatic heterocycles. The molecule has 1 heterocycles. The van der Waals surface area contributed by atoms with Gasteiger partial charge < -0.3 is 4.90 Å². The van der Waals surface area contributed by atoms with E-state index in [1.165, 1.54) is 19.3 Å². The number of hydrogen-bond acceptors (Lipinski definition) is 3. The molecule has 1 fully saturated rings. The average molecular weight is 271 g/mol. The second-order valence-electron chi connectivity index (χ2n) is 5.76. The van der Waals surface area contributed by atoms with Crippen LogP contribution in [0.15, 0.2) is 30.3 Å². The fourth-order valence-corrected chi connectivity index (χ4v) is 3.08. The van der Waals surface area contributed by atoms with Gasteiger partial charge in [0.05, 0.1) is 6.07 Å². The van der Waals surface area contributed by atoms with Crippen molar-refractivity contribution >= 4 is 0 Å². The number of hydrogen-bond donors (Lipinski definition) is 1. The fourth-order valence-electron chi connectivity index (χ4n) is 3.08. The molecule has 1 saturated heterocycles. The van der Waals surface area contributed by atoms with Gasteiger partial charge in [-0.05, 0) is 44.5 Å². The highest BCUT2D eigenvalue weighted by Gasteiger charge is 2.33. The van der Waals surface area contributed by atoms with E-state index in [4.69, 9.17) is 0 Å². The highest BCUT2D eigenvalue weighted by molar-refractivity contribution is 5.32. The fraction of sp³-hybridized carbons (Fsp3) is 0.588. The molecule has 3 heteroatoms. The molecule has 1 aromatic carbocycles. The first-order valence-corrected chi connectivity index (χ1v) is 7.62. The van der Waals surface area contributed by atoms with Gasteiger partial charge in [-0.25, -0.2) is 0 Å². The smallest absolute Gasteiger partial charge is 0.144 e. The second kappa shape index (κ2) is 6.88. The van der Waals surface area contributed by atoms with Gasteiger partial charge in [-0.15, -0.1) is 0 Å². The number of benzene rings is 1. The Kier molecular flexibility index (Phi) is 5.17. The Morgan fingerprint density at radius 2 is 1.95 bits per heavy atom. The lowest BCUT2D eigenvalue weighted by atomic mass is 9.88. The van der Waals surface area contributed by atoms with Crippen LogP contribution >= 0.6 is 0 Å². The Bertz CT molecular complexity index is 443. The Morgan fingerprint density at radius 1 is 1.30 bits per heavy atom. The molecule has 1 aliphatic rings. The van der Waals surface area contributed by atoms with Gasteiger partial charge in [0.15, 0.2) is 0 Å². The summed E-state index contributed by atoms with van der Waals surface area (Å²) in [6, 6.07) is 12.6. The van der Waals surface area contributed by atoms with E-state index >= 15 is 0 Å². The van der Waals surface area contributed by atoms with Crippen LogP contribution in [0.1, 0.15) is 31.7 Å². The molecule has 0 saturated carbocycles. The van der Waals surface area contributed by atoms with E-state index < -0.39 is 5.54 Å². The number of rotatable bonds is 5. The Labute approximate surface area is 122 Å². The molecule has 1 unspecified atom stereocenters. The average Bonchev–Trinajstić information content (AvgIpc) is 2.54. The van der Waals surface area contributed by atoms with Crippen LogP contribution in [0.3, 0.4) is 0 Å². The topological polar surface area (TPSA) is 39.1 Å². The van der Waals surface area contributed by atoms with Crippen LogP contribution < -0.4 is 5.32 Å². The normalized spacial score (nSPS) is 20.2. The number of likely N-dealkylation sites (N-methyl/N-ethyl adjacent to an activating group) is 1. The summed E-state index contributed by atoms with van der Waals surface area (Å²) in [5, 5.41) is 13.0. The van der Waals surface area contributed by atoms with E-state index in [9.17, 15) is 5.26 Å². The van der Waals surface area contributed by atoms with E-state index in [1.807, 2.05) is 37.4 Å². The summed E-state index contributed by atoms with van der Waals surface area (Å²) >= 11 is 0. The van der Waals surface area contributed by atoms with Crippen molar-refractivity contribution in [2.45, 2.75) is 31.7 Å². The zero-order chi connectivity index (χ0) is 14.4. The molecule has 2 rings (SSSR count). The molecule has 0 aromatic heterocycles. The Morgan fingerprint density at radius 3 is 2.45 bits per heavy atom. The van der Waals surface area contributed by atoms with E-state index in [0.717, 1.165) is 31.1 Å². The summed E-state index contributed by atoms with van der Waals surface area (Å²) in [6.45, 7) is 5.25. The van der Waals surface area contributed by atoms with Crippen LogP contribution in [0, 0.1) is 17.2 Å². The van der Waals surface area contributed by atoms with E-state index in [0.29, 0.717) is 0 Å². The maximum atomic E-state index is 9.72. The maximum Gasteiger partial charge on any atom is 0.144 e. The summed E-state index contributed by atoms with van der Waals surface area (Å²) in [5.74, 6) is 0.869. The van der Waals surface area contributed by atoms with Gasteiger partial charge in [0.25, 0.3) is 0 Å². The summed E-state index contributed by atoms with van der Waals surface area (Å²) in [6.07, 6.45) is 3.80. The highest BCUT2D eigenvalue weighted by atomic mass is 15.2. The van der Waals surface area contributed by atoms with Gasteiger partial charge in [-0.2, -0.15) is 5.26 Å². The number of nitriles is 1. The molecular formula is C17H25N3. The van der Waals surface area contributed by atoms with Crippen LogP contribution in [0.25, 0.3) is 0 Å². The summed E-state index contributed by atoms with van der Waals surface area (Å²) in [4.78, 5) is 2.43. The third-order valence-corrected chi connectivity index (χ3v) is 4.63. The minimum atomic E-state index is -0.597. The lowest BCUT2D eigenvalue weighted by Gasteiger charge is -2.37. The van der Waals surface area contributed by atoms with Gasteiger partial charge in [0.1, 0.15) is 5.54 Å². The quantitative estimate of drug-likeness (QED) is 0.895. The van der Waals surface area contributed by atoms with Crippen molar-refractivity contribution in [2.24, 2.45) is 5.92 Å². The monoisotopic (exact) mass is 271 g/mol. The van der Waals surface area contributed by atoms with Gasteiger partial charge in [0.2, 0.25) is 0 Å². The zero-order valence-electron chi connectivity index (χ0n) is 12.6. The first-order valence-electron chi connectivity index (χ1n) is 7.62. The highest BCUT2D eigenvalue weighted by Crippen LogP contribution is 2.25. The number of nitrogens with zero attached hydrogens (tertiary/aromatic N) is 2. The summed E-state index contributed by atoms with van der Waals surface area (Å²) in [7, 11) is 1.88. The minimum Gasteiger partial charge on any atom is -0.300 e. The first-order chi connectivity index (χ1) is 9.74. The van der Waals surface area contributed by atoms with Crippen molar-refractivity contribution in [3.63, 3.8) is 0 Å². The third-order valence-electron chi connectivity index (χ3n) is 4.63. The molecule has 0 radical (unpaired) electrons. The molecule has 20 heavy (non-hydrogen) atoms. The second-order valence-corrected chi connectivity index (χ2v) is 5.76. The van der Waals surface area contributed by atoms with Crippen LogP contribution in [-0.4, -0.2) is 31.6 Å². The van der Waals surface area contributed by atoms with Gasteiger partial charge in [-0.3, -0.25) is 5.32 Å². The molecule has 1 N–H and O–H groups in total. The Balaban J connectivity index is 2.09. The minimum absolute atomic E-state index is 0.597. The van der Waals surface area contributed by atoms with Crippen molar-refractivity contribution in [3.05, 3.63) is 35.9 Å².